The third-order valence-electron chi connectivity index (χ3n) is 3.39. The quantitative estimate of drug-likeness (QED) is 0.629. The van der Waals surface area contributed by atoms with Gasteiger partial charge in [0, 0.05) is 6.04 Å². The van der Waals surface area contributed by atoms with Crippen LogP contribution in [-0.4, -0.2) is 42.3 Å². The van der Waals surface area contributed by atoms with Crippen molar-refractivity contribution in [3.8, 4) is 0 Å². The first-order valence-corrected chi connectivity index (χ1v) is 5.22. The molecule has 14 heavy (non-hydrogen) atoms. The number of nitrogens with one attached hydrogen (secondary N) is 1. The standard InChI is InChI=1S/C10H16N2O2/c1-11-9-5-4-7-2-3-8(6-13)12(7)10(9)14/h6-9,11H,2-5H2,1H3/t7-,8+,9+/m1/s1. The van der Waals surface area contributed by atoms with Crippen molar-refractivity contribution in [1.29, 1.82) is 0 Å². The number of carbonyl (C=O) groups excluding carboxylic acids is 2. The van der Waals surface area contributed by atoms with Crippen LogP contribution in [0.3, 0.4) is 0 Å². The Morgan fingerprint density at radius 1 is 1.36 bits per heavy atom. The maximum atomic E-state index is 11.9. The molecule has 78 valence electrons. The van der Waals surface area contributed by atoms with Gasteiger partial charge in [0.1, 0.15) is 6.29 Å². The van der Waals surface area contributed by atoms with E-state index in [1.54, 1.807) is 11.9 Å². The van der Waals surface area contributed by atoms with Gasteiger partial charge in [-0.2, -0.15) is 0 Å². The number of hydrogen-bond donors (Lipinski definition) is 1. The molecule has 0 bridgehead atoms. The number of amides is 1. The highest BCUT2D eigenvalue weighted by Gasteiger charge is 2.42. The van der Waals surface area contributed by atoms with Crippen molar-refractivity contribution in [2.75, 3.05) is 7.05 Å². The maximum absolute atomic E-state index is 11.9. The fourth-order valence-electron chi connectivity index (χ4n) is 2.60. The van der Waals surface area contributed by atoms with Crippen molar-refractivity contribution >= 4 is 12.2 Å². The molecule has 0 radical (unpaired) electrons. The van der Waals surface area contributed by atoms with Gasteiger partial charge in [-0.15, -0.1) is 0 Å². The minimum absolute atomic E-state index is 0.0770. The van der Waals surface area contributed by atoms with Gasteiger partial charge >= 0.3 is 0 Å². The van der Waals surface area contributed by atoms with Gasteiger partial charge in [-0.3, -0.25) is 4.79 Å². The normalized spacial score (nSPS) is 37.1. The van der Waals surface area contributed by atoms with Crippen LogP contribution in [0.4, 0.5) is 0 Å². The van der Waals surface area contributed by atoms with Gasteiger partial charge in [0.05, 0.1) is 12.1 Å². The molecule has 2 aliphatic rings. The van der Waals surface area contributed by atoms with E-state index in [0.717, 1.165) is 32.0 Å². The molecule has 0 aromatic heterocycles. The van der Waals surface area contributed by atoms with Crippen LogP contribution in [0, 0.1) is 0 Å². The summed E-state index contributed by atoms with van der Waals surface area (Å²) >= 11 is 0. The Labute approximate surface area is 83.6 Å². The average molecular weight is 196 g/mol. The summed E-state index contributed by atoms with van der Waals surface area (Å²) < 4.78 is 0. The topological polar surface area (TPSA) is 49.4 Å². The summed E-state index contributed by atoms with van der Waals surface area (Å²) in [6.07, 6.45) is 4.68. The van der Waals surface area contributed by atoms with Gasteiger partial charge < -0.3 is 15.0 Å². The van der Waals surface area contributed by atoms with Crippen LogP contribution < -0.4 is 5.32 Å². The molecular formula is C10H16N2O2. The summed E-state index contributed by atoms with van der Waals surface area (Å²) in [5, 5.41) is 3.00. The lowest BCUT2D eigenvalue weighted by atomic mass is 9.98. The molecule has 1 N–H and O–H groups in total. The van der Waals surface area contributed by atoms with Gasteiger partial charge in [-0.05, 0) is 32.7 Å². The first kappa shape index (κ1) is 9.65. The average Bonchev–Trinajstić information content (AvgIpc) is 2.62. The summed E-state index contributed by atoms with van der Waals surface area (Å²) in [4.78, 5) is 24.5. The largest absolute Gasteiger partial charge is 0.329 e. The molecular weight excluding hydrogens is 180 g/mol. The van der Waals surface area contributed by atoms with Crippen LogP contribution in [0.25, 0.3) is 0 Å². The van der Waals surface area contributed by atoms with E-state index in [0.29, 0.717) is 6.04 Å². The Balaban J connectivity index is 2.16. The molecule has 2 fully saturated rings. The maximum Gasteiger partial charge on any atom is 0.240 e. The zero-order chi connectivity index (χ0) is 10.1. The molecule has 3 atom stereocenters. The zero-order valence-electron chi connectivity index (χ0n) is 8.40. The summed E-state index contributed by atoms with van der Waals surface area (Å²) in [7, 11) is 1.80. The molecule has 4 heteroatoms. The minimum Gasteiger partial charge on any atom is -0.329 e. The van der Waals surface area contributed by atoms with E-state index < -0.39 is 0 Å². The third-order valence-corrected chi connectivity index (χ3v) is 3.39. The van der Waals surface area contributed by atoms with Crippen LogP contribution >= 0.6 is 0 Å². The number of nitrogens with zero attached hydrogens (tertiary/aromatic N) is 1. The summed E-state index contributed by atoms with van der Waals surface area (Å²) in [5.74, 6) is 0.110. The van der Waals surface area contributed by atoms with E-state index in [1.807, 2.05) is 0 Å². The predicted molar refractivity (Wildman–Crippen MR) is 51.8 cm³/mol. The molecule has 2 rings (SSSR count). The Kier molecular flexibility index (Phi) is 2.54. The number of likely N-dealkylation sites (N-methyl/N-ethyl adjacent to an activating group) is 1. The smallest absolute Gasteiger partial charge is 0.240 e. The van der Waals surface area contributed by atoms with Crippen LogP contribution in [0.15, 0.2) is 0 Å². The van der Waals surface area contributed by atoms with Crippen molar-refractivity contribution < 1.29 is 9.59 Å². The van der Waals surface area contributed by atoms with Gasteiger partial charge in [0.2, 0.25) is 5.91 Å². The van der Waals surface area contributed by atoms with E-state index in [9.17, 15) is 9.59 Å². The number of aldehydes is 1. The Morgan fingerprint density at radius 3 is 2.71 bits per heavy atom. The molecule has 2 heterocycles. The molecule has 0 aromatic rings. The second kappa shape index (κ2) is 3.69. The van der Waals surface area contributed by atoms with Crippen molar-refractivity contribution in [1.82, 2.24) is 10.2 Å². The second-order valence-electron chi connectivity index (χ2n) is 4.10. The highest BCUT2D eigenvalue weighted by molar-refractivity contribution is 5.86. The van der Waals surface area contributed by atoms with Gasteiger partial charge in [0.25, 0.3) is 0 Å². The third kappa shape index (κ3) is 1.34. The highest BCUT2D eigenvalue weighted by atomic mass is 16.2. The molecule has 4 nitrogen and oxygen atoms in total. The molecule has 2 aliphatic heterocycles. The van der Waals surface area contributed by atoms with Crippen LogP contribution in [0.2, 0.25) is 0 Å². The first-order valence-electron chi connectivity index (χ1n) is 5.22. The van der Waals surface area contributed by atoms with E-state index in [-0.39, 0.29) is 18.0 Å². The van der Waals surface area contributed by atoms with Crippen molar-refractivity contribution in [3.63, 3.8) is 0 Å². The van der Waals surface area contributed by atoms with Crippen LogP contribution in [0.5, 0.6) is 0 Å². The van der Waals surface area contributed by atoms with Gasteiger partial charge in [-0.1, -0.05) is 0 Å². The van der Waals surface area contributed by atoms with E-state index in [2.05, 4.69) is 5.32 Å². The number of carbonyl (C=O) groups is 2. The Bertz CT molecular complexity index is 255. The Morgan fingerprint density at radius 2 is 2.07 bits per heavy atom. The number of rotatable bonds is 2. The second-order valence-corrected chi connectivity index (χ2v) is 4.10. The van der Waals surface area contributed by atoms with Crippen molar-refractivity contribution in [2.24, 2.45) is 0 Å². The van der Waals surface area contributed by atoms with E-state index in [1.165, 1.54) is 0 Å². The number of piperidine rings is 1. The zero-order valence-corrected chi connectivity index (χ0v) is 8.40. The summed E-state index contributed by atoms with van der Waals surface area (Å²) in [5.41, 5.74) is 0. The van der Waals surface area contributed by atoms with Gasteiger partial charge in [0.15, 0.2) is 0 Å². The molecule has 0 saturated carbocycles. The highest BCUT2D eigenvalue weighted by Crippen LogP contribution is 2.31. The lowest BCUT2D eigenvalue weighted by Crippen LogP contribution is -2.54. The summed E-state index contributed by atoms with van der Waals surface area (Å²) in [6, 6.07) is 0.0812. The minimum atomic E-state index is -0.163. The van der Waals surface area contributed by atoms with Crippen LogP contribution in [-0.2, 0) is 9.59 Å². The molecule has 0 aromatic carbocycles. The predicted octanol–water partition coefficient (Wildman–Crippen LogP) is -0.0733. The molecule has 0 aliphatic carbocycles. The molecule has 0 spiro atoms. The monoisotopic (exact) mass is 196 g/mol. The SMILES string of the molecule is CN[C@H]1CC[C@H]2CC[C@@H](C=O)N2C1=O. The summed E-state index contributed by atoms with van der Waals surface area (Å²) in [6.45, 7) is 0. The van der Waals surface area contributed by atoms with Crippen LogP contribution in [0.1, 0.15) is 25.7 Å². The number of fused-ring (bicyclic) bond motifs is 1. The van der Waals surface area contributed by atoms with Crippen molar-refractivity contribution in [2.45, 2.75) is 43.8 Å². The lowest BCUT2D eigenvalue weighted by Gasteiger charge is -2.36. The van der Waals surface area contributed by atoms with E-state index >= 15 is 0 Å². The Hall–Kier alpha value is -0.900. The first-order chi connectivity index (χ1) is 6.77. The van der Waals surface area contributed by atoms with Crippen molar-refractivity contribution in [3.05, 3.63) is 0 Å². The molecule has 2 saturated heterocycles. The molecule has 1 amide bonds. The van der Waals surface area contributed by atoms with Gasteiger partial charge in [-0.25, -0.2) is 0 Å². The fourth-order valence-corrected chi connectivity index (χ4v) is 2.60. The fraction of sp³-hybridized carbons (Fsp3) is 0.800. The number of hydrogen-bond acceptors (Lipinski definition) is 3. The molecule has 0 unspecified atom stereocenters. The van der Waals surface area contributed by atoms with E-state index in [4.69, 9.17) is 0 Å². The lowest BCUT2D eigenvalue weighted by molar-refractivity contribution is -0.141.